The summed E-state index contributed by atoms with van der Waals surface area (Å²) in [4.78, 5) is 20.6. The number of imidazole rings is 1. The molecule has 1 saturated heterocycles. The molecule has 3 aromatic heterocycles. The molecular formula is C27H26N8O2. The van der Waals surface area contributed by atoms with Crippen molar-refractivity contribution in [1.29, 1.82) is 0 Å². The quantitative estimate of drug-likeness (QED) is 0.385. The number of anilines is 3. The number of hydrogen-bond acceptors (Lipinski definition) is 9. The van der Waals surface area contributed by atoms with E-state index in [0.29, 0.717) is 24.0 Å². The lowest BCUT2D eigenvalue weighted by Crippen LogP contribution is -2.51. The predicted molar refractivity (Wildman–Crippen MR) is 142 cm³/mol. The van der Waals surface area contributed by atoms with Crippen LogP contribution in [0.2, 0.25) is 0 Å². The van der Waals surface area contributed by atoms with Gasteiger partial charge in [0.1, 0.15) is 29.9 Å². The molecular weight excluding hydrogens is 468 g/mol. The zero-order valence-electron chi connectivity index (χ0n) is 20.6. The second-order valence-corrected chi connectivity index (χ2v) is 9.52. The van der Waals surface area contributed by atoms with Gasteiger partial charge in [0.2, 0.25) is 0 Å². The molecule has 37 heavy (non-hydrogen) atoms. The molecule has 0 saturated carbocycles. The Morgan fingerprint density at radius 3 is 2.95 bits per heavy atom. The highest BCUT2D eigenvalue weighted by Crippen LogP contribution is 2.35. The third-order valence-corrected chi connectivity index (χ3v) is 6.91. The number of benzene rings is 2. The number of nitrogens with zero attached hydrogens (tertiary/aromatic N) is 6. The summed E-state index contributed by atoms with van der Waals surface area (Å²) >= 11 is 0. The van der Waals surface area contributed by atoms with E-state index in [1.807, 2.05) is 61.0 Å². The van der Waals surface area contributed by atoms with Crippen LogP contribution in [0.4, 0.5) is 17.3 Å². The van der Waals surface area contributed by atoms with Crippen LogP contribution in [0.3, 0.4) is 0 Å². The van der Waals surface area contributed by atoms with Crippen LogP contribution in [0, 0.1) is 6.92 Å². The van der Waals surface area contributed by atoms with Crippen LogP contribution in [0.5, 0.6) is 17.2 Å². The monoisotopic (exact) mass is 494 g/mol. The van der Waals surface area contributed by atoms with Crippen LogP contribution < -0.4 is 25.0 Å². The van der Waals surface area contributed by atoms with Gasteiger partial charge in [-0.15, -0.1) is 0 Å². The molecule has 1 atom stereocenters. The molecule has 1 fully saturated rings. The van der Waals surface area contributed by atoms with Gasteiger partial charge >= 0.3 is 0 Å². The summed E-state index contributed by atoms with van der Waals surface area (Å²) in [5.41, 5.74) is 5.30. The summed E-state index contributed by atoms with van der Waals surface area (Å²) in [5.74, 6) is 3.79. The number of rotatable bonds is 4. The van der Waals surface area contributed by atoms with E-state index >= 15 is 0 Å². The van der Waals surface area contributed by atoms with Gasteiger partial charge in [-0.25, -0.2) is 19.9 Å². The highest BCUT2D eigenvalue weighted by molar-refractivity contribution is 5.90. The molecule has 2 bridgehead atoms. The fourth-order valence-electron chi connectivity index (χ4n) is 4.99. The molecule has 2 aliphatic rings. The second kappa shape index (κ2) is 8.59. The summed E-state index contributed by atoms with van der Waals surface area (Å²) in [7, 11) is 1.98. The predicted octanol–water partition coefficient (Wildman–Crippen LogP) is 3.93. The summed E-state index contributed by atoms with van der Waals surface area (Å²) in [6.45, 7) is 5.31. The van der Waals surface area contributed by atoms with Gasteiger partial charge in [-0.1, -0.05) is 0 Å². The van der Waals surface area contributed by atoms with Gasteiger partial charge in [-0.05, 0) is 42.8 Å². The van der Waals surface area contributed by atoms with Crippen LogP contribution in [0.25, 0.3) is 22.1 Å². The maximum absolute atomic E-state index is 6.17. The summed E-state index contributed by atoms with van der Waals surface area (Å²) in [6, 6.07) is 14.2. The van der Waals surface area contributed by atoms with Crippen LogP contribution >= 0.6 is 0 Å². The van der Waals surface area contributed by atoms with E-state index in [9.17, 15) is 0 Å². The molecule has 0 amide bonds. The van der Waals surface area contributed by atoms with Crippen molar-refractivity contribution in [3.05, 3.63) is 60.7 Å². The number of ether oxygens (including phenoxy) is 2. The first-order valence-electron chi connectivity index (χ1n) is 12.3. The molecule has 7 rings (SSSR count). The number of hydrogen-bond donors (Lipinski definition) is 2. The molecule has 10 nitrogen and oxygen atoms in total. The van der Waals surface area contributed by atoms with E-state index < -0.39 is 0 Å². The van der Waals surface area contributed by atoms with Crippen LogP contribution in [-0.4, -0.2) is 56.8 Å². The molecule has 2 aromatic carbocycles. The Morgan fingerprint density at radius 2 is 2.03 bits per heavy atom. The van der Waals surface area contributed by atoms with E-state index in [2.05, 4.69) is 30.5 Å². The minimum Gasteiger partial charge on any atom is -0.488 e. The van der Waals surface area contributed by atoms with Gasteiger partial charge in [0.25, 0.3) is 0 Å². The average Bonchev–Trinajstić information content (AvgIpc) is 3.23. The zero-order chi connectivity index (χ0) is 24.9. The minimum absolute atomic E-state index is 0.296. The molecule has 1 unspecified atom stereocenters. The van der Waals surface area contributed by atoms with Crippen molar-refractivity contribution in [2.45, 2.75) is 13.0 Å². The number of aryl methyl sites for hydroxylation is 2. The smallest absolute Gasteiger partial charge is 0.172 e. The lowest BCUT2D eigenvalue weighted by atomic mass is 10.2. The zero-order valence-corrected chi connectivity index (χ0v) is 20.6. The first-order chi connectivity index (χ1) is 18.1. The number of piperazine rings is 1. The van der Waals surface area contributed by atoms with E-state index in [-0.39, 0.29) is 0 Å². The standard InChI is InChI=1S/C27H26N8O2/c1-16-9-17(3-6-23(16)37-19-4-5-22-20(10-19)31-15-34(22)2)32-26-25-21(29-14-30-26)11-24-27(33-25)35-8-7-28-18(12-35)13-36-24/h3-6,9-11,14-15,18,28H,7-8,12-13H2,1-2H3,(H,29,30,32). The van der Waals surface area contributed by atoms with E-state index in [0.717, 1.165) is 70.5 Å². The first-order valence-corrected chi connectivity index (χ1v) is 12.3. The van der Waals surface area contributed by atoms with Gasteiger partial charge in [0.15, 0.2) is 17.4 Å². The Kier molecular flexibility index (Phi) is 5.07. The van der Waals surface area contributed by atoms with Crippen molar-refractivity contribution in [2.24, 2.45) is 7.05 Å². The van der Waals surface area contributed by atoms with E-state index in [1.165, 1.54) is 0 Å². The lowest BCUT2D eigenvalue weighted by molar-refractivity contribution is 0.271. The van der Waals surface area contributed by atoms with Crippen molar-refractivity contribution in [3.63, 3.8) is 0 Å². The maximum atomic E-state index is 6.17. The van der Waals surface area contributed by atoms with Crippen LogP contribution in [-0.2, 0) is 7.05 Å². The molecule has 10 heteroatoms. The second-order valence-electron chi connectivity index (χ2n) is 9.52. The molecule has 186 valence electrons. The topological polar surface area (TPSA) is 102 Å². The Hall–Kier alpha value is -4.44. The Morgan fingerprint density at radius 1 is 1.08 bits per heavy atom. The summed E-state index contributed by atoms with van der Waals surface area (Å²) in [6.07, 6.45) is 3.35. The fourth-order valence-corrected chi connectivity index (χ4v) is 4.99. The first kappa shape index (κ1) is 21.8. The molecule has 0 spiro atoms. The van der Waals surface area contributed by atoms with Gasteiger partial charge < -0.3 is 29.6 Å². The highest BCUT2D eigenvalue weighted by Gasteiger charge is 2.28. The van der Waals surface area contributed by atoms with Gasteiger partial charge in [0, 0.05) is 44.5 Å². The lowest BCUT2D eigenvalue weighted by Gasteiger charge is -2.31. The number of aromatic nitrogens is 5. The normalized spacial score (nSPS) is 16.8. The number of pyridine rings is 1. The van der Waals surface area contributed by atoms with Crippen LogP contribution in [0.1, 0.15) is 5.56 Å². The Labute approximate surface area is 213 Å². The number of nitrogens with one attached hydrogen (secondary N) is 2. The SMILES string of the molecule is Cc1cc(Nc2ncnc3cc4c(nc23)N2CCNC(CO4)C2)ccc1Oc1ccc2c(c1)ncn2C. The summed E-state index contributed by atoms with van der Waals surface area (Å²) in [5, 5.41) is 6.93. The van der Waals surface area contributed by atoms with Crippen molar-refractivity contribution in [2.75, 3.05) is 36.5 Å². The maximum Gasteiger partial charge on any atom is 0.172 e. The minimum atomic E-state index is 0.296. The van der Waals surface area contributed by atoms with Crippen LogP contribution in [0.15, 0.2) is 55.1 Å². The Bertz CT molecular complexity index is 1650. The van der Waals surface area contributed by atoms with Gasteiger partial charge in [0.05, 0.1) is 28.9 Å². The van der Waals surface area contributed by atoms with Gasteiger partial charge in [-0.3, -0.25) is 0 Å². The van der Waals surface area contributed by atoms with Crippen molar-refractivity contribution >= 4 is 39.4 Å². The molecule has 2 N–H and O–H groups in total. The van der Waals surface area contributed by atoms with Crippen molar-refractivity contribution < 1.29 is 9.47 Å². The molecule has 5 heterocycles. The molecule has 2 aliphatic heterocycles. The summed E-state index contributed by atoms with van der Waals surface area (Å²) < 4.78 is 14.2. The van der Waals surface area contributed by atoms with E-state index in [1.54, 1.807) is 12.7 Å². The number of fused-ring (bicyclic) bond motifs is 6. The highest BCUT2D eigenvalue weighted by atomic mass is 16.5. The average molecular weight is 495 g/mol. The third kappa shape index (κ3) is 3.95. The Balaban J connectivity index is 1.17. The van der Waals surface area contributed by atoms with Gasteiger partial charge in [-0.2, -0.15) is 0 Å². The largest absolute Gasteiger partial charge is 0.488 e. The molecule has 0 radical (unpaired) electrons. The molecule has 0 aliphatic carbocycles. The fraction of sp³-hybridized carbons (Fsp3) is 0.259. The molecule has 5 aromatic rings. The van der Waals surface area contributed by atoms with E-state index in [4.69, 9.17) is 14.5 Å². The third-order valence-electron chi connectivity index (χ3n) is 6.91. The van der Waals surface area contributed by atoms with Crippen molar-refractivity contribution in [3.8, 4) is 17.2 Å². The van der Waals surface area contributed by atoms with Crippen molar-refractivity contribution in [1.82, 2.24) is 29.8 Å².